The van der Waals surface area contributed by atoms with Gasteiger partial charge in [0.1, 0.15) is 0 Å². The Balaban J connectivity index is 1.30. The molecule has 6 rings (SSSR count). The van der Waals surface area contributed by atoms with Crippen molar-refractivity contribution in [1.82, 2.24) is 5.32 Å². The summed E-state index contributed by atoms with van der Waals surface area (Å²) < 4.78 is 5.47. The lowest BCUT2D eigenvalue weighted by Crippen LogP contribution is -2.46. The van der Waals surface area contributed by atoms with Gasteiger partial charge in [0.2, 0.25) is 5.91 Å². The first kappa shape index (κ1) is 21.4. The number of carbonyl (C=O) groups is 2. The number of amides is 1. The van der Waals surface area contributed by atoms with Crippen LogP contribution < -0.4 is 5.32 Å². The molecule has 32 heavy (non-hydrogen) atoms. The molecule has 6 saturated carbocycles. The van der Waals surface area contributed by atoms with Crippen molar-refractivity contribution in [2.75, 3.05) is 20.3 Å². The quantitative estimate of drug-likeness (QED) is 0.628. The first-order valence-electron chi connectivity index (χ1n) is 13.4. The Bertz CT molecular complexity index is 795. The highest BCUT2D eigenvalue weighted by molar-refractivity contribution is 5.79. The number of esters is 1. The molecule has 6 aliphatic carbocycles. The first-order chi connectivity index (χ1) is 15.4. The summed E-state index contributed by atoms with van der Waals surface area (Å²) in [5, 5.41) is 12.1. The summed E-state index contributed by atoms with van der Waals surface area (Å²) in [4.78, 5) is 26.0. The number of ether oxygens (including phenoxy) is 1. The number of carbonyl (C=O) groups excluding carboxylic acids is 2. The van der Waals surface area contributed by atoms with Gasteiger partial charge in [0.05, 0.1) is 19.1 Å². The number of hydrogen-bond acceptors (Lipinski definition) is 4. The summed E-state index contributed by atoms with van der Waals surface area (Å²) in [5.74, 6) is 3.80. The van der Waals surface area contributed by atoms with Gasteiger partial charge in [0.15, 0.2) is 0 Å². The second-order valence-corrected chi connectivity index (χ2v) is 12.9. The molecule has 1 amide bonds. The Morgan fingerprint density at radius 3 is 2.53 bits per heavy atom. The molecule has 178 valence electrons. The second-order valence-electron chi connectivity index (χ2n) is 12.9. The van der Waals surface area contributed by atoms with Crippen LogP contribution in [0.2, 0.25) is 0 Å². The Morgan fingerprint density at radius 2 is 1.75 bits per heavy atom. The molecule has 0 aromatic heterocycles. The molecule has 9 unspecified atom stereocenters. The van der Waals surface area contributed by atoms with Crippen molar-refractivity contribution >= 4 is 11.9 Å². The molecule has 0 radical (unpaired) electrons. The minimum absolute atomic E-state index is 0.0177. The van der Waals surface area contributed by atoms with E-state index in [0.717, 1.165) is 37.5 Å². The molecule has 0 spiro atoms. The van der Waals surface area contributed by atoms with Crippen LogP contribution >= 0.6 is 0 Å². The number of aliphatic hydroxyl groups excluding tert-OH is 1. The third kappa shape index (κ3) is 2.91. The van der Waals surface area contributed by atoms with Crippen LogP contribution in [0, 0.1) is 51.8 Å². The third-order valence-electron chi connectivity index (χ3n) is 11.6. The molecule has 0 heterocycles. The van der Waals surface area contributed by atoms with Crippen LogP contribution in [0.3, 0.4) is 0 Å². The SMILES string of the molecule is COC(=O)C12CCCC3CC1CC(C14CC5CC(C(=O)NCCO)CC(C1)C(C5)C4)(C3)C2. The zero-order valence-electron chi connectivity index (χ0n) is 19.7. The van der Waals surface area contributed by atoms with Gasteiger partial charge in [-0.3, -0.25) is 9.59 Å². The molecule has 2 N–H and O–H groups in total. The van der Waals surface area contributed by atoms with Crippen LogP contribution in [-0.2, 0) is 14.3 Å². The largest absolute Gasteiger partial charge is 0.469 e. The highest BCUT2D eigenvalue weighted by atomic mass is 16.5. The van der Waals surface area contributed by atoms with Crippen molar-refractivity contribution in [3.05, 3.63) is 0 Å². The van der Waals surface area contributed by atoms with Crippen molar-refractivity contribution in [3.8, 4) is 0 Å². The normalized spacial score (nSPS) is 50.7. The summed E-state index contributed by atoms with van der Waals surface area (Å²) in [6, 6.07) is 0. The highest BCUT2D eigenvalue weighted by Crippen LogP contribution is 2.78. The number of fused-ring (bicyclic) bond motifs is 5. The molecule has 6 fully saturated rings. The predicted octanol–water partition coefficient (Wildman–Crippen LogP) is 4.08. The van der Waals surface area contributed by atoms with E-state index in [-0.39, 0.29) is 29.8 Å². The van der Waals surface area contributed by atoms with Crippen molar-refractivity contribution in [2.24, 2.45) is 51.8 Å². The highest BCUT2D eigenvalue weighted by Gasteiger charge is 2.71. The number of hydrogen-bond donors (Lipinski definition) is 2. The zero-order chi connectivity index (χ0) is 22.1. The lowest BCUT2D eigenvalue weighted by atomic mass is 9.50. The van der Waals surface area contributed by atoms with E-state index in [1.54, 1.807) is 7.11 Å². The van der Waals surface area contributed by atoms with E-state index in [1.165, 1.54) is 57.8 Å². The van der Waals surface area contributed by atoms with E-state index in [9.17, 15) is 9.59 Å². The van der Waals surface area contributed by atoms with Crippen LogP contribution in [-0.4, -0.2) is 37.2 Å². The van der Waals surface area contributed by atoms with Crippen LogP contribution in [0.15, 0.2) is 0 Å². The summed E-state index contributed by atoms with van der Waals surface area (Å²) in [6.07, 6.45) is 15.7. The van der Waals surface area contributed by atoms with Gasteiger partial charge in [-0.1, -0.05) is 12.8 Å². The van der Waals surface area contributed by atoms with Crippen molar-refractivity contribution in [1.29, 1.82) is 0 Å². The molecular formula is C27H41NO4. The second kappa shape index (κ2) is 7.45. The van der Waals surface area contributed by atoms with E-state index < -0.39 is 0 Å². The molecule has 0 aromatic carbocycles. The van der Waals surface area contributed by atoms with E-state index in [1.807, 2.05) is 0 Å². The summed E-state index contributed by atoms with van der Waals surface area (Å²) in [7, 11) is 1.60. The molecular weight excluding hydrogens is 402 g/mol. The number of rotatable bonds is 5. The van der Waals surface area contributed by atoms with E-state index >= 15 is 0 Å². The Morgan fingerprint density at radius 1 is 0.969 bits per heavy atom. The minimum Gasteiger partial charge on any atom is -0.469 e. The van der Waals surface area contributed by atoms with E-state index in [4.69, 9.17) is 9.84 Å². The van der Waals surface area contributed by atoms with Gasteiger partial charge in [-0.2, -0.15) is 0 Å². The minimum atomic E-state index is -0.216. The van der Waals surface area contributed by atoms with Gasteiger partial charge in [0.25, 0.3) is 0 Å². The molecule has 6 aliphatic rings. The summed E-state index contributed by atoms with van der Waals surface area (Å²) in [5.41, 5.74) is 0.501. The van der Waals surface area contributed by atoms with Gasteiger partial charge < -0.3 is 15.2 Å². The van der Waals surface area contributed by atoms with E-state index in [2.05, 4.69) is 5.32 Å². The van der Waals surface area contributed by atoms with Crippen LogP contribution in [0.25, 0.3) is 0 Å². The first-order valence-corrected chi connectivity index (χ1v) is 13.4. The van der Waals surface area contributed by atoms with Gasteiger partial charge in [-0.05, 0) is 111 Å². The fourth-order valence-corrected chi connectivity index (χ4v) is 10.8. The Hall–Kier alpha value is -1.10. The van der Waals surface area contributed by atoms with Crippen LogP contribution in [0.5, 0.6) is 0 Å². The van der Waals surface area contributed by atoms with Gasteiger partial charge in [0, 0.05) is 12.5 Å². The standard InChI is InChI=1S/C27H41NO4/c1-32-24(31)27-4-2-3-17-9-22(27)15-26(11-17,16-27)25-12-18-7-19(23(30)28-5-6-29)10-21(14-25)20(8-18)13-25/h17-22,29H,2-16H2,1H3,(H,28,30). The molecule has 0 saturated heterocycles. The molecule has 6 bridgehead atoms. The van der Waals surface area contributed by atoms with Crippen LogP contribution in [0.4, 0.5) is 0 Å². The van der Waals surface area contributed by atoms with Crippen LogP contribution in [0.1, 0.15) is 83.5 Å². The molecule has 5 heteroatoms. The molecule has 5 nitrogen and oxygen atoms in total. The predicted molar refractivity (Wildman–Crippen MR) is 120 cm³/mol. The van der Waals surface area contributed by atoms with E-state index in [0.29, 0.717) is 35.1 Å². The topological polar surface area (TPSA) is 75.6 Å². The average molecular weight is 444 g/mol. The zero-order valence-corrected chi connectivity index (χ0v) is 19.7. The van der Waals surface area contributed by atoms with Gasteiger partial charge in [-0.15, -0.1) is 0 Å². The summed E-state index contributed by atoms with van der Waals surface area (Å²) >= 11 is 0. The number of methoxy groups -OCH3 is 1. The lowest BCUT2D eigenvalue weighted by Gasteiger charge is -2.55. The number of nitrogens with one attached hydrogen (secondary N) is 1. The fourth-order valence-electron chi connectivity index (χ4n) is 10.8. The average Bonchev–Trinajstić information content (AvgIpc) is 3.07. The van der Waals surface area contributed by atoms with Gasteiger partial charge in [-0.25, -0.2) is 0 Å². The molecule has 9 atom stereocenters. The smallest absolute Gasteiger partial charge is 0.312 e. The monoisotopic (exact) mass is 443 g/mol. The fraction of sp³-hybridized carbons (Fsp3) is 0.926. The molecule has 0 aliphatic heterocycles. The van der Waals surface area contributed by atoms with Gasteiger partial charge >= 0.3 is 5.97 Å². The number of aliphatic hydroxyl groups is 1. The van der Waals surface area contributed by atoms with Crippen molar-refractivity contribution in [2.45, 2.75) is 83.5 Å². The maximum absolute atomic E-state index is 13.2. The van der Waals surface area contributed by atoms with Crippen molar-refractivity contribution in [3.63, 3.8) is 0 Å². The maximum atomic E-state index is 13.2. The lowest BCUT2D eigenvalue weighted by molar-refractivity contribution is -0.156. The summed E-state index contributed by atoms with van der Waals surface area (Å²) in [6.45, 7) is 0.392. The molecule has 0 aromatic rings. The van der Waals surface area contributed by atoms with Crippen molar-refractivity contribution < 1.29 is 19.4 Å². The Labute approximate surface area is 192 Å². The maximum Gasteiger partial charge on any atom is 0.312 e. The third-order valence-corrected chi connectivity index (χ3v) is 11.6. The Kier molecular flexibility index (Phi) is 4.99.